The van der Waals surface area contributed by atoms with Crippen LogP contribution in [0.25, 0.3) is 0 Å². The van der Waals surface area contributed by atoms with Gasteiger partial charge in [0.25, 0.3) is 0 Å². The van der Waals surface area contributed by atoms with E-state index in [1.54, 1.807) is 29.2 Å². The van der Waals surface area contributed by atoms with E-state index in [1.807, 2.05) is 30.3 Å². The Morgan fingerprint density at radius 3 is 2.56 bits per heavy atom. The van der Waals surface area contributed by atoms with Crippen molar-refractivity contribution in [3.8, 4) is 6.07 Å². The van der Waals surface area contributed by atoms with Gasteiger partial charge in [-0.05, 0) is 23.3 Å². The zero-order valence-corrected chi connectivity index (χ0v) is 13.7. The van der Waals surface area contributed by atoms with Crippen molar-refractivity contribution in [2.45, 2.75) is 25.5 Å². The number of rotatable bonds is 3. The van der Waals surface area contributed by atoms with E-state index in [1.165, 1.54) is 0 Å². The van der Waals surface area contributed by atoms with Crippen molar-refractivity contribution in [1.29, 1.82) is 5.26 Å². The largest absolute Gasteiger partial charge is 0.445 e. The highest BCUT2D eigenvalue weighted by Gasteiger charge is 2.32. The number of nitriles is 1. The van der Waals surface area contributed by atoms with Gasteiger partial charge < -0.3 is 9.64 Å². The standard InChI is InChI=1S/C20H18N2O3/c21-13-15-6-8-17(9-7-15)19-12-18(23)10-11-22(19)20(24)25-14-16-4-2-1-3-5-16/h1-9,19H,10-12,14H2/t19-/m1/s1. The minimum Gasteiger partial charge on any atom is -0.445 e. The van der Waals surface area contributed by atoms with Crippen LogP contribution in [0.5, 0.6) is 0 Å². The molecule has 1 aliphatic heterocycles. The lowest BCUT2D eigenvalue weighted by atomic mass is 9.94. The fourth-order valence-electron chi connectivity index (χ4n) is 2.93. The predicted octanol–water partition coefficient (Wildman–Crippen LogP) is 3.60. The number of likely N-dealkylation sites (tertiary alicyclic amines) is 1. The second-order valence-electron chi connectivity index (χ2n) is 5.98. The molecule has 0 unspecified atom stereocenters. The first-order chi connectivity index (χ1) is 12.2. The lowest BCUT2D eigenvalue weighted by Gasteiger charge is -2.34. The van der Waals surface area contributed by atoms with E-state index in [9.17, 15) is 9.59 Å². The molecule has 1 aliphatic rings. The lowest BCUT2D eigenvalue weighted by Crippen LogP contribution is -2.41. The van der Waals surface area contributed by atoms with Gasteiger partial charge in [0.05, 0.1) is 17.7 Å². The third-order valence-electron chi connectivity index (χ3n) is 4.29. The second-order valence-corrected chi connectivity index (χ2v) is 5.98. The molecule has 5 nitrogen and oxygen atoms in total. The number of hydrogen-bond acceptors (Lipinski definition) is 4. The summed E-state index contributed by atoms with van der Waals surface area (Å²) in [6.45, 7) is 0.543. The fraction of sp³-hybridized carbons (Fsp3) is 0.250. The molecule has 0 aliphatic carbocycles. The summed E-state index contributed by atoms with van der Waals surface area (Å²) in [5.41, 5.74) is 2.30. The lowest BCUT2D eigenvalue weighted by molar-refractivity contribution is -0.122. The van der Waals surface area contributed by atoms with Gasteiger partial charge in [0.15, 0.2) is 0 Å². The number of hydrogen-bond donors (Lipinski definition) is 0. The minimum atomic E-state index is -0.425. The van der Waals surface area contributed by atoms with E-state index >= 15 is 0 Å². The maximum absolute atomic E-state index is 12.5. The fourth-order valence-corrected chi connectivity index (χ4v) is 2.93. The number of piperidine rings is 1. The first-order valence-corrected chi connectivity index (χ1v) is 8.16. The summed E-state index contributed by atoms with van der Waals surface area (Å²) >= 11 is 0. The van der Waals surface area contributed by atoms with Gasteiger partial charge in [-0.3, -0.25) is 4.79 Å². The van der Waals surface area contributed by atoms with Crippen LogP contribution in [0.15, 0.2) is 54.6 Å². The van der Waals surface area contributed by atoms with Gasteiger partial charge in [0, 0.05) is 19.4 Å². The molecule has 3 rings (SSSR count). The highest BCUT2D eigenvalue weighted by atomic mass is 16.6. The third kappa shape index (κ3) is 4.04. The Morgan fingerprint density at radius 2 is 1.88 bits per heavy atom. The SMILES string of the molecule is N#Cc1ccc([C@H]2CC(=O)CCN2C(=O)OCc2ccccc2)cc1. The molecule has 2 aromatic carbocycles. The molecular formula is C20H18N2O3. The average molecular weight is 334 g/mol. The molecule has 0 aromatic heterocycles. The van der Waals surface area contributed by atoms with Gasteiger partial charge in [-0.1, -0.05) is 42.5 Å². The number of Topliss-reactive ketones (excluding diaryl/α,β-unsaturated/α-hetero) is 1. The van der Waals surface area contributed by atoms with Crippen LogP contribution in [0, 0.1) is 11.3 Å². The van der Waals surface area contributed by atoms with Crippen molar-refractivity contribution in [3.63, 3.8) is 0 Å². The number of benzene rings is 2. The Morgan fingerprint density at radius 1 is 1.16 bits per heavy atom. The van der Waals surface area contributed by atoms with Gasteiger partial charge in [-0.2, -0.15) is 5.26 Å². The number of nitrogens with zero attached hydrogens (tertiary/aromatic N) is 2. The van der Waals surface area contributed by atoms with E-state index < -0.39 is 6.09 Å². The zero-order chi connectivity index (χ0) is 17.6. The van der Waals surface area contributed by atoms with Gasteiger partial charge in [0.1, 0.15) is 12.4 Å². The molecule has 126 valence electrons. The second kappa shape index (κ2) is 7.63. The summed E-state index contributed by atoms with van der Waals surface area (Å²) in [4.78, 5) is 26.0. The number of ether oxygens (including phenoxy) is 1. The Hall–Kier alpha value is -3.13. The van der Waals surface area contributed by atoms with Crippen molar-refractivity contribution in [2.75, 3.05) is 6.54 Å². The molecule has 1 heterocycles. The van der Waals surface area contributed by atoms with Crippen LogP contribution in [0.4, 0.5) is 4.79 Å². The van der Waals surface area contributed by atoms with E-state index in [-0.39, 0.29) is 24.9 Å². The number of carbonyl (C=O) groups excluding carboxylic acids is 2. The van der Waals surface area contributed by atoms with Crippen molar-refractivity contribution >= 4 is 11.9 Å². The summed E-state index contributed by atoms with van der Waals surface area (Å²) in [6, 6.07) is 18.2. The van der Waals surface area contributed by atoms with Crippen molar-refractivity contribution in [1.82, 2.24) is 4.90 Å². The highest BCUT2D eigenvalue weighted by molar-refractivity contribution is 5.82. The van der Waals surface area contributed by atoms with Crippen LogP contribution in [0.2, 0.25) is 0 Å². The molecular weight excluding hydrogens is 316 g/mol. The molecule has 1 amide bonds. The Balaban J connectivity index is 1.73. The maximum Gasteiger partial charge on any atom is 0.410 e. The summed E-state index contributed by atoms with van der Waals surface area (Å²) in [6.07, 6.45) is 0.185. The third-order valence-corrected chi connectivity index (χ3v) is 4.29. The smallest absolute Gasteiger partial charge is 0.410 e. The van der Waals surface area contributed by atoms with Gasteiger partial charge in [0.2, 0.25) is 0 Å². The highest BCUT2D eigenvalue weighted by Crippen LogP contribution is 2.30. The van der Waals surface area contributed by atoms with Crippen molar-refractivity contribution in [3.05, 3.63) is 71.3 Å². The zero-order valence-electron chi connectivity index (χ0n) is 13.7. The van der Waals surface area contributed by atoms with Gasteiger partial charge >= 0.3 is 6.09 Å². The normalized spacial score (nSPS) is 17.0. The monoisotopic (exact) mass is 334 g/mol. The molecule has 1 saturated heterocycles. The topological polar surface area (TPSA) is 70.4 Å². The molecule has 0 bridgehead atoms. The quantitative estimate of drug-likeness (QED) is 0.860. The number of amides is 1. The van der Waals surface area contributed by atoms with Crippen LogP contribution in [0.3, 0.4) is 0 Å². The molecule has 0 N–H and O–H groups in total. The first-order valence-electron chi connectivity index (χ1n) is 8.16. The maximum atomic E-state index is 12.5. The van der Waals surface area contributed by atoms with E-state index in [0.29, 0.717) is 18.5 Å². The Labute approximate surface area is 146 Å². The minimum absolute atomic E-state index is 0.126. The van der Waals surface area contributed by atoms with Gasteiger partial charge in [-0.15, -0.1) is 0 Å². The van der Waals surface area contributed by atoms with Gasteiger partial charge in [-0.25, -0.2) is 4.79 Å². The average Bonchev–Trinajstić information content (AvgIpc) is 2.67. The molecule has 1 atom stereocenters. The predicted molar refractivity (Wildman–Crippen MR) is 91.5 cm³/mol. The van der Waals surface area contributed by atoms with Crippen molar-refractivity contribution in [2.24, 2.45) is 0 Å². The Bertz CT molecular complexity index is 794. The van der Waals surface area contributed by atoms with Crippen LogP contribution >= 0.6 is 0 Å². The molecule has 0 spiro atoms. The summed E-state index contributed by atoms with van der Waals surface area (Å²) in [5, 5.41) is 8.91. The van der Waals surface area contributed by atoms with E-state index in [0.717, 1.165) is 11.1 Å². The number of carbonyl (C=O) groups is 2. The molecule has 2 aromatic rings. The van der Waals surface area contributed by atoms with Crippen LogP contribution < -0.4 is 0 Å². The molecule has 1 fully saturated rings. The summed E-state index contributed by atoms with van der Waals surface area (Å²) in [7, 11) is 0. The molecule has 0 radical (unpaired) electrons. The molecule has 25 heavy (non-hydrogen) atoms. The summed E-state index contributed by atoms with van der Waals surface area (Å²) < 4.78 is 5.42. The first kappa shape index (κ1) is 16.7. The van der Waals surface area contributed by atoms with Crippen molar-refractivity contribution < 1.29 is 14.3 Å². The molecule has 5 heteroatoms. The van der Waals surface area contributed by atoms with Crippen LogP contribution in [0.1, 0.15) is 35.6 Å². The number of ketones is 1. The van der Waals surface area contributed by atoms with E-state index in [2.05, 4.69) is 6.07 Å². The van der Waals surface area contributed by atoms with E-state index in [4.69, 9.17) is 10.00 Å². The van der Waals surface area contributed by atoms with Crippen LogP contribution in [-0.4, -0.2) is 23.3 Å². The van der Waals surface area contributed by atoms with Crippen LogP contribution in [-0.2, 0) is 16.1 Å². The Kier molecular flexibility index (Phi) is 5.10. The summed E-state index contributed by atoms with van der Waals surface area (Å²) in [5.74, 6) is 0.126. The molecule has 0 saturated carbocycles.